The average molecular weight is 469 g/mol. The summed E-state index contributed by atoms with van der Waals surface area (Å²) in [5.74, 6) is -0.673. The number of anilines is 1. The number of fused-ring (bicyclic) bond motifs is 1. The number of aromatic nitrogens is 4. The van der Waals surface area contributed by atoms with Crippen LogP contribution in [-0.2, 0) is 7.05 Å². The van der Waals surface area contributed by atoms with Gasteiger partial charge in [0.2, 0.25) is 0 Å². The number of nitrogens with zero attached hydrogens (tertiary/aromatic N) is 6. The Morgan fingerprint density at radius 1 is 1.41 bits per heavy atom. The molecule has 10 heteroatoms. The highest BCUT2D eigenvalue weighted by Gasteiger charge is 2.30. The van der Waals surface area contributed by atoms with Crippen molar-refractivity contribution in [3.63, 3.8) is 0 Å². The van der Waals surface area contributed by atoms with Crippen LogP contribution in [-0.4, -0.2) is 49.5 Å². The fourth-order valence-corrected chi connectivity index (χ4v) is 4.24. The number of aryl methyl sites for hydroxylation is 1. The smallest absolute Gasteiger partial charge is 0.282 e. The number of hydrogen-bond donors (Lipinski definition) is 1. The SMILES string of the molecule is Cn1cc(F)cc([C@H]2CCCN2c2ccn3ncc(C(=O)N=CC(CO)C(C)(C)C)c3n2)c1=O. The van der Waals surface area contributed by atoms with Crippen molar-refractivity contribution in [1.29, 1.82) is 0 Å². The van der Waals surface area contributed by atoms with Gasteiger partial charge >= 0.3 is 0 Å². The van der Waals surface area contributed by atoms with Crippen LogP contribution < -0.4 is 10.5 Å². The third-order valence-corrected chi connectivity index (χ3v) is 6.35. The Bertz CT molecular complexity index is 1310. The highest BCUT2D eigenvalue weighted by Crippen LogP contribution is 2.34. The maximum absolute atomic E-state index is 14.1. The lowest BCUT2D eigenvalue weighted by molar-refractivity contribution is 0.100. The molecule has 0 spiro atoms. The maximum Gasteiger partial charge on any atom is 0.282 e. The van der Waals surface area contributed by atoms with E-state index in [1.165, 1.54) is 40.8 Å². The first-order valence-corrected chi connectivity index (χ1v) is 11.3. The topological polar surface area (TPSA) is 105 Å². The van der Waals surface area contributed by atoms with Gasteiger partial charge in [0.25, 0.3) is 11.5 Å². The van der Waals surface area contributed by atoms with E-state index in [0.717, 1.165) is 6.42 Å². The molecule has 180 valence electrons. The summed E-state index contributed by atoms with van der Waals surface area (Å²) in [6.45, 7) is 6.42. The zero-order chi connectivity index (χ0) is 24.6. The second-order valence-electron chi connectivity index (χ2n) is 9.73. The molecule has 1 aliphatic heterocycles. The van der Waals surface area contributed by atoms with Crippen molar-refractivity contribution in [3.8, 4) is 0 Å². The molecule has 4 heterocycles. The summed E-state index contributed by atoms with van der Waals surface area (Å²) in [4.78, 5) is 36.2. The summed E-state index contributed by atoms with van der Waals surface area (Å²) in [5, 5.41) is 13.8. The molecule has 1 aliphatic rings. The van der Waals surface area contributed by atoms with E-state index in [2.05, 4.69) is 15.1 Å². The minimum absolute atomic E-state index is 0.118. The predicted octanol–water partition coefficient (Wildman–Crippen LogP) is 2.77. The van der Waals surface area contributed by atoms with Gasteiger partial charge in [-0.2, -0.15) is 5.10 Å². The van der Waals surface area contributed by atoms with E-state index < -0.39 is 11.7 Å². The van der Waals surface area contributed by atoms with Crippen LogP contribution in [0.15, 0.2) is 40.5 Å². The molecule has 1 saturated heterocycles. The Balaban J connectivity index is 1.67. The lowest BCUT2D eigenvalue weighted by Crippen LogP contribution is -2.31. The van der Waals surface area contributed by atoms with Crippen molar-refractivity contribution in [2.45, 2.75) is 39.7 Å². The largest absolute Gasteiger partial charge is 0.396 e. The van der Waals surface area contributed by atoms with Gasteiger partial charge in [-0.3, -0.25) is 9.59 Å². The number of rotatable bonds is 5. The highest BCUT2D eigenvalue weighted by molar-refractivity contribution is 6.03. The molecule has 0 bridgehead atoms. The van der Waals surface area contributed by atoms with Crippen LogP contribution in [0.5, 0.6) is 0 Å². The monoisotopic (exact) mass is 468 g/mol. The summed E-state index contributed by atoms with van der Waals surface area (Å²) in [6, 6.07) is 2.74. The average Bonchev–Trinajstić information content (AvgIpc) is 3.42. The van der Waals surface area contributed by atoms with E-state index in [9.17, 15) is 19.1 Å². The molecule has 3 aromatic heterocycles. The number of carbonyl (C=O) groups excluding carboxylic acids is 1. The zero-order valence-corrected chi connectivity index (χ0v) is 19.8. The molecule has 2 atom stereocenters. The standard InChI is InChI=1S/C24H29FN6O3/c1-24(2,3)15(14-32)11-26-22(33)18-12-27-31-9-7-20(28-21(18)31)30-8-5-6-19(30)17-10-16(25)13-29(4)23(17)34/h7,9-13,15,19,32H,5-6,8,14H2,1-4H3/t15?,19-/m1/s1. The number of hydrogen-bond acceptors (Lipinski definition) is 6. The fourth-order valence-electron chi connectivity index (χ4n) is 4.24. The Kier molecular flexibility index (Phi) is 6.35. The number of aliphatic imine (C=N–C) groups is 1. The maximum atomic E-state index is 14.1. The Hall–Kier alpha value is -3.40. The van der Waals surface area contributed by atoms with Crippen LogP contribution in [0, 0.1) is 17.2 Å². The van der Waals surface area contributed by atoms with E-state index in [0.29, 0.717) is 30.0 Å². The summed E-state index contributed by atoms with van der Waals surface area (Å²) in [6.07, 6.45) is 7.27. The number of halogens is 1. The van der Waals surface area contributed by atoms with Gasteiger partial charge in [0.15, 0.2) is 5.65 Å². The molecule has 1 amide bonds. The third-order valence-electron chi connectivity index (χ3n) is 6.35. The van der Waals surface area contributed by atoms with Gasteiger partial charge < -0.3 is 14.6 Å². The van der Waals surface area contributed by atoms with E-state index >= 15 is 0 Å². The molecule has 4 rings (SSSR count). The number of aliphatic hydroxyl groups excluding tert-OH is 1. The molecule has 3 aromatic rings. The Morgan fingerprint density at radius 2 is 2.18 bits per heavy atom. The van der Waals surface area contributed by atoms with Crippen molar-refractivity contribution in [3.05, 3.63) is 58.0 Å². The Morgan fingerprint density at radius 3 is 2.88 bits per heavy atom. The van der Waals surface area contributed by atoms with Crippen LogP contribution in [0.1, 0.15) is 55.6 Å². The summed E-state index contributed by atoms with van der Waals surface area (Å²) < 4.78 is 16.8. The number of aliphatic hydroxyl groups is 1. The number of amides is 1. The molecule has 0 saturated carbocycles. The second-order valence-corrected chi connectivity index (χ2v) is 9.73. The van der Waals surface area contributed by atoms with Crippen LogP contribution in [0.25, 0.3) is 5.65 Å². The molecule has 1 N–H and O–H groups in total. The molecule has 1 fully saturated rings. The minimum Gasteiger partial charge on any atom is -0.396 e. The van der Waals surface area contributed by atoms with E-state index in [1.807, 2.05) is 25.7 Å². The van der Waals surface area contributed by atoms with Crippen LogP contribution in [0.2, 0.25) is 0 Å². The van der Waals surface area contributed by atoms with Crippen LogP contribution in [0.4, 0.5) is 10.2 Å². The molecule has 9 nitrogen and oxygen atoms in total. The molecule has 0 aliphatic carbocycles. The van der Waals surface area contributed by atoms with E-state index in [1.54, 1.807) is 12.3 Å². The Labute approximate surface area is 196 Å². The summed E-state index contributed by atoms with van der Waals surface area (Å²) >= 11 is 0. The zero-order valence-electron chi connectivity index (χ0n) is 19.8. The van der Waals surface area contributed by atoms with Crippen LogP contribution in [0.3, 0.4) is 0 Å². The van der Waals surface area contributed by atoms with Crippen molar-refractivity contribution < 1.29 is 14.3 Å². The predicted molar refractivity (Wildman–Crippen MR) is 127 cm³/mol. The van der Waals surface area contributed by atoms with Gasteiger partial charge in [-0.25, -0.2) is 18.9 Å². The van der Waals surface area contributed by atoms with Gasteiger partial charge in [-0.15, -0.1) is 0 Å². The van der Waals surface area contributed by atoms with Crippen molar-refractivity contribution >= 4 is 23.6 Å². The summed E-state index contributed by atoms with van der Waals surface area (Å²) in [7, 11) is 1.53. The molecular formula is C24H29FN6O3. The van der Waals surface area contributed by atoms with Crippen LogP contribution >= 0.6 is 0 Å². The van der Waals surface area contributed by atoms with E-state index in [4.69, 9.17) is 0 Å². The lowest BCUT2D eigenvalue weighted by Gasteiger charge is -2.26. The first-order chi connectivity index (χ1) is 16.1. The third kappa shape index (κ3) is 4.50. The van der Waals surface area contributed by atoms with E-state index in [-0.39, 0.29) is 35.1 Å². The summed E-state index contributed by atoms with van der Waals surface area (Å²) in [5.41, 5.74) is 0.471. The van der Waals surface area contributed by atoms with Gasteiger partial charge in [0, 0.05) is 43.7 Å². The lowest BCUT2D eigenvalue weighted by atomic mass is 9.82. The molecule has 0 radical (unpaired) electrons. The van der Waals surface area contributed by atoms with Gasteiger partial charge in [-0.1, -0.05) is 20.8 Å². The molecular weight excluding hydrogens is 439 g/mol. The van der Waals surface area contributed by atoms with Crippen molar-refractivity contribution in [2.24, 2.45) is 23.4 Å². The molecule has 34 heavy (non-hydrogen) atoms. The fraction of sp³-hybridized carbons (Fsp3) is 0.458. The highest BCUT2D eigenvalue weighted by atomic mass is 19.1. The van der Waals surface area contributed by atoms with Gasteiger partial charge in [0.1, 0.15) is 17.2 Å². The normalized spacial score (nSPS) is 17.7. The second kappa shape index (κ2) is 9.09. The first-order valence-electron chi connectivity index (χ1n) is 11.3. The van der Waals surface area contributed by atoms with Gasteiger partial charge in [-0.05, 0) is 30.4 Å². The molecule has 1 unspecified atom stereocenters. The van der Waals surface area contributed by atoms with Gasteiger partial charge in [0.05, 0.1) is 18.8 Å². The first kappa shape index (κ1) is 23.7. The quantitative estimate of drug-likeness (QED) is 0.578. The minimum atomic E-state index is -0.501. The van der Waals surface area contributed by atoms with Crippen molar-refractivity contribution in [2.75, 3.05) is 18.1 Å². The number of carbonyl (C=O) groups is 1. The number of pyridine rings is 1. The van der Waals surface area contributed by atoms with Crippen molar-refractivity contribution in [1.82, 2.24) is 19.2 Å². The molecule has 0 aromatic carbocycles.